The monoisotopic (exact) mass is 412 g/mol. The maximum atomic E-state index is 12.2. The number of hydrogen-bond donors (Lipinski definition) is 2. The molecule has 1 atom stereocenters. The molecule has 2 rings (SSSR count). The lowest BCUT2D eigenvalue weighted by Crippen LogP contribution is -2.26. The minimum Gasteiger partial charge on any atom is -0.493 e. The zero-order valence-electron chi connectivity index (χ0n) is 12.5. The summed E-state index contributed by atoms with van der Waals surface area (Å²) in [6.07, 6.45) is 1.99. The third-order valence-electron chi connectivity index (χ3n) is 3.52. The third kappa shape index (κ3) is 5.38. The summed E-state index contributed by atoms with van der Waals surface area (Å²) in [5.74, 6) is 1.22. The molecule has 1 aliphatic heterocycles. The zero-order valence-corrected chi connectivity index (χ0v) is 15.7. The summed E-state index contributed by atoms with van der Waals surface area (Å²) in [5, 5.41) is 3.28. The molecule has 1 aromatic rings. The van der Waals surface area contributed by atoms with Gasteiger partial charge in [0.15, 0.2) is 0 Å². The van der Waals surface area contributed by atoms with Crippen molar-refractivity contribution in [2.45, 2.75) is 24.7 Å². The second kappa shape index (κ2) is 9.08. The van der Waals surface area contributed by atoms with E-state index in [0.29, 0.717) is 29.3 Å². The molecule has 0 radical (unpaired) electrons. The molecular formula is C14H22BrClN2O3S. The molecule has 126 valence electrons. The van der Waals surface area contributed by atoms with Gasteiger partial charge in [-0.1, -0.05) is 0 Å². The second-order valence-electron chi connectivity index (χ2n) is 5.07. The van der Waals surface area contributed by atoms with E-state index in [1.54, 1.807) is 18.2 Å². The number of benzene rings is 1. The fraction of sp³-hybridized carbons (Fsp3) is 0.571. The lowest BCUT2D eigenvalue weighted by atomic mass is 10.1. The SMILES string of the molecule is CCOc1ccc(S(=O)(=O)NCCC2CCNC2)cc1Br.Cl. The highest BCUT2D eigenvalue weighted by molar-refractivity contribution is 9.10. The van der Waals surface area contributed by atoms with Crippen LogP contribution in [0.1, 0.15) is 19.8 Å². The molecule has 0 aliphatic carbocycles. The number of halogens is 2. The van der Waals surface area contributed by atoms with Crippen LogP contribution in [-0.2, 0) is 10.0 Å². The lowest BCUT2D eigenvalue weighted by molar-refractivity contribution is 0.338. The molecule has 1 heterocycles. The number of rotatable bonds is 7. The molecule has 5 nitrogen and oxygen atoms in total. The van der Waals surface area contributed by atoms with Crippen molar-refractivity contribution >= 4 is 38.4 Å². The largest absolute Gasteiger partial charge is 0.493 e. The van der Waals surface area contributed by atoms with Gasteiger partial charge in [0.2, 0.25) is 10.0 Å². The molecule has 22 heavy (non-hydrogen) atoms. The third-order valence-corrected chi connectivity index (χ3v) is 5.60. The van der Waals surface area contributed by atoms with E-state index in [2.05, 4.69) is 26.0 Å². The van der Waals surface area contributed by atoms with Crippen LogP contribution in [0.2, 0.25) is 0 Å². The van der Waals surface area contributed by atoms with Gasteiger partial charge < -0.3 is 10.1 Å². The summed E-state index contributed by atoms with van der Waals surface area (Å²) in [6.45, 7) is 4.91. The quantitative estimate of drug-likeness (QED) is 0.721. The molecular weight excluding hydrogens is 392 g/mol. The molecule has 0 amide bonds. The van der Waals surface area contributed by atoms with E-state index < -0.39 is 10.0 Å². The molecule has 1 aliphatic rings. The Balaban J connectivity index is 0.00000242. The second-order valence-corrected chi connectivity index (χ2v) is 7.69. The van der Waals surface area contributed by atoms with Gasteiger partial charge in [0, 0.05) is 6.54 Å². The van der Waals surface area contributed by atoms with Gasteiger partial charge in [0.25, 0.3) is 0 Å². The van der Waals surface area contributed by atoms with Crippen molar-refractivity contribution in [2.24, 2.45) is 5.92 Å². The summed E-state index contributed by atoms with van der Waals surface area (Å²) in [6, 6.07) is 4.81. The van der Waals surface area contributed by atoms with Gasteiger partial charge in [-0.3, -0.25) is 0 Å². The van der Waals surface area contributed by atoms with E-state index >= 15 is 0 Å². The molecule has 1 fully saturated rings. The summed E-state index contributed by atoms with van der Waals surface area (Å²) in [5.41, 5.74) is 0. The Hall–Kier alpha value is -0.340. The number of nitrogens with one attached hydrogen (secondary N) is 2. The average Bonchev–Trinajstić information content (AvgIpc) is 2.94. The summed E-state index contributed by atoms with van der Waals surface area (Å²) in [4.78, 5) is 0.252. The van der Waals surface area contributed by atoms with Crippen LogP contribution in [0.4, 0.5) is 0 Å². The van der Waals surface area contributed by atoms with E-state index in [4.69, 9.17) is 4.74 Å². The van der Waals surface area contributed by atoms with Gasteiger partial charge in [0.1, 0.15) is 5.75 Å². The molecule has 0 aromatic heterocycles. The fourth-order valence-electron chi connectivity index (χ4n) is 2.36. The predicted octanol–water partition coefficient (Wildman–Crippen LogP) is 2.55. The molecule has 0 spiro atoms. The number of sulfonamides is 1. The van der Waals surface area contributed by atoms with Crippen LogP contribution < -0.4 is 14.8 Å². The number of ether oxygens (including phenoxy) is 1. The normalized spacial score (nSPS) is 18.0. The first kappa shape index (κ1) is 19.7. The molecule has 2 N–H and O–H groups in total. The van der Waals surface area contributed by atoms with Crippen molar-refractivity contribution in [3.8, 4) is 5.75 Å². The molecule has 8 heteroatoms. The first-order valence-electron chi connectivity index (χ1n) is 7.15. The van der Waals surface area contributed by atoms with E-state index in [9.17, 15) is 8.42 Å². The van der Waals surface area contributed by atoms with Crippen LogP contribution in [-0.4, -0.2) is 34.7 Å². The highest BCUT2D eigenvalue weighted by Gasteiger charge is 2.18. The highest BCUT2D eigenvalue weighted by Crippen LogP contribution is 2.27. The smallest absolute Gasteiger partial charge is 0.240 e. The van der Waals surface area contributed by atoms with Crippen molar-refractivity contribution in [3.63, 3.8) is 0 Å². The van der Waals surface area contributed by atoms with Crippen LogP contribution in [0.5, 0.6) is 5.75 Å². The maximum absolute atomic E-state index is 12.2. The minimum absolute atomic E-state index is 0. The van der Waals surface area contributed by atoms with E-state index in [0.717, 1.165) is 25.9 Å². The van der Waals surface area contributed by atoms with Crippen LogP contribution in [0.15, 0.2) is 27.6 Å². The summed E-state index contributed by atoms with van der Waals surface area (Å²) < 4.78 is 33.2. The van der Waals surface area contributed by atoms with E-state index in [1.165, 1.54) is 0 Å². The van der Waals surface area contributed by atoms with Crippen molar-refractivity contribution in [2.75, 3.05) is 26.2 Å². The average molecular weight is 414 g/mol. The van der Waals surface area contributed by atoms with Crippen molar-refractivity contribution in [3.05, 3.63) is 22.7 Å². The first-order valence-corrected chi connectivity index (χ1v) is 9.43. The Kier molecular flexibility index (Phi) is 8.13. The summed E-state index contributed by atoms with van der Waals surface area (Å²) in [7, 11) is -3.46. The van der Waals surface area contributed by atoms with Crippen LogP contribution >= 0.6 is 28.3 Å². The summed E-state index contributed by atoms with van der Waals surface area (Å²) >= 11 is 3.34. The standard InChI is InChI=1S/C14H21BrN2O3S.ClH/c1-2-20-14-4-3-12(9-13(14)15)21(18,19)17-8-6-11-5-7-16-10-11;/h3-4,9,11,16-17H,2,5-8,10H2,1H3;1H. The Labute approximate surface area is 146 Å². The van der Waals surface area contributed by atoms with E-state index in [1.807, 2.05) is 6.92 Å². The van der Waals surface area contributed by atoms with Gasteiger partial charge >= 0.3 is 0 Å². The molecule has 1 aromatic carbocycles. The predicted molar refractivity (Wildman–Crippen MR) is 93.3 cm³/mol. The van der Waals surface area contributed by atoms with Crippen LogP contribution in [0.3, 0.4) is 0 Å². The van der Waals surface area contributed by atoms with Gasteiger partial charge in [-0.05, 0) is 72.9 Å². The van der Waals surface area contributed by atoms with Gasteiger partial charge in [0.05, 0.1) is 16.0 Å². The Morgan fingerprint density at radius 2 is 2.23 bits per heavy atom. The lowest BCUT2D eigenvalue weighted by Gasteiger charge is -2.11. The fourth-order valence-corrected chi connectivity index (χ4v) is 4.08. The van der Waals surface area contributed by atoms with Crippen molar-refractivity contribution < 1.29 is 13.2 Å². The van der Waals surface area contributed by atoms with Crippen LogP contribution in [0.25, 0.3) is 0 Å². The molecule has 0 bridgehead atoms. The Bertz CT molecular complexity index is 577. The Morgan fingerprint density at radius 1 is 1.45 bits per heavy atom. The first-order chi connectivity index (χ1) is 10.0. The minimum atomic E-state index is -3.46. The zero-order chi connectivity index (χ0) is 15.3. The molecule has 1 unspecified atom stereocenters. The van der Waals surface area contributed by atoms with Crippen molar-refractivity contribution in [1.29, 1.82) is 0 Å². The molecule has 0 saturated carbocycles. The number of hydrogen-bond acceptors (Lipinski definition) is 4. The van der Waals surface area contributed by atoms with Crippen molar-refractivity contribution in [1.82, 2.24) is 10.0 Å². The topological polar surface area (TPSA) is 67.4 Å². The van der Waals surface area contributed by atoms with Gasteiger partial charge in [-0.15, -0.1) is 12.4 Å². The molecule has 1 saturated heterocycles. The van der Waals surface area contributed by atoms with Gasteiger partial charge in [-0.25, -0.2) is 13.1 Å². The maximum Gasteiger partial charge on any atom is 0.240 e. The van der Waals surface area contributed by atoms with E-state index in [-0.39, 0.29) is 17.3 Å². The van der Waals surface area contributed by atoms with Gasteiger partial charge in [-0.2, -0.15) is 0 Å². The van der Waals surface area contributed by atoms with Crippen LogP contribution in [0, 0.1) is 5.92 Å². The Morgan fingerprint density at radius 3 is 2.82 bits per heavy atom. The highest BCUT2D eigenvalue weighted by atomic mass is 79.9.